The molecule has 1 aliphatic rings. The van der Waals surface area contributed by atoms with E-state index in [1.54, 1.807) is 49.7 Å². The van der Waals surface area contributed by atoms with E-state index in [0.29, 0.717) is 60.4 Å². The van der Waals surface area contributed by atoms with E-state index in [-0.39, 0.29) is 61.3 Å². The van der Waals surface area contributed by atoms with Gasteiger partial charge in [-0.3, -0.25) is 76.2 Å². The molecule has 17 N–H and O–H groups in total. The number of carboxylic acids is 7. The van der Waals surface area contributed by atoms with E-state index in [2.05, 4.69) is 122 Å². The molecule has 5 rings (SSSR count). The summed E-state index contributed by atoms with van der Waals surface area (Å²) >= 11 is 9.14. The van der Waals surface area contributed by atoms with E-state index in [9.17, 15) is 134 Å². The highest BCUT2D eigenvalue weighted by atomic mass is 127. The number of allylic oxidation sites excluding steroid dienone is 7. The van der Waals surface area contributed by atoms with Gasteiger partial charge in [-0.05, 0) is 215 Å². The zero-order chi connectivity index (χ0) is 91.6. The largest absolute Gasteiger partial charge is 0.481 e. The number of carbonyl (C=O) groups is 15. The molecule has 1 aromatic heterocycles. The number of hydrogen-bond donors (Lipinski definition) is 17. The lowest BCUT2D eigenvalue weighted by Crippen LogP contribution is -2.61. The van der Waals surface area contributed by atoms with Crippen LogP contribution in [0.25, 0.3) is 11.0 Å². The summed E-state index contributed by atoms with van der Waals surface area (Å²) in [5.41, 5.74) is 4.01. The minimum atomic E-state index is -4.67. The SMILES string of the molecule is C=C(/C=C/C=C/C=C1/N(CC)c2ccc(S(=O)(=O)O)cc2C1(C)CCCC(=O)NCCCCC(NC(=O)[C@H](CC(=O)O)NC(=O)[C@H](CC(=O)O)NC(=O)[C@H](CC(=O)O)NC(=O)[C@H](CC(=O)O)NC(=O)[C@H](CC(=O)O)NC(=O)[C@@H](CC(=O)O)NC(=O)CCCCCCCn1cnc2c(I)c(I)c(I)c(I)c21)C(=O)O)C(C)(C)c1cc(S(=O)(=O)O)ccc1C. The van der Waals surface area contributed by atoms with Crippen molar-refractivity contribution in [2.45, 2.75) is 220 Å². The summed E-state index contributed by atoms with van der Waals surface area (Å²) in [6, 6.07) is -7.03. The number of unbranched alkanes of at least 4 members (excludes halogenated alkanes) is 5. The Morgan fingerprint density at radius 2 is 0.951 bits per heavy atom. The number of aliphatic carboxylic acids is 7. The molecule has 3 aromatic carbocycles. The number of aromatic nitrogens is 2. The fourth-order valence-electron chi connectivity index (χ4n) is 13.3. The summed E-state index contributed by atoms with van der Waals surface area (Å²) in [6.07, 6.45) is 5.40. The number of imidazole rings is 1. The van der Waals surface area contributed by atoms with E-state index < -0.39 is 201 Å². The lowest BCUT2D eigenvalue weighted by molar-refractivity contribution is -0.145. The maximum Gasteiger partial charge on any atom is 0.326 e. The summed E-state index contributed by atoms with van der Waals surface area (Å²) in [5, 5.41) is 85.0. The van der Waals surface area contributed by atoms with Crippen molar-refractivity contribution >= 4 is 216 Å². The number of carboxylic acid groups (broad SMARTS) is 7. The van der Waals surface area contributed by atoms with Crippen molar-refractivity contribution in [1.82, 2.24) is 52.1 Å². The van der Waals surface area contributed by atoms with Gasteiger partial charge in [0.15, 0.2) is 0 Å². The molecule has 0 radical (unpaired) electrons. The van der Waals surface area contributed by atoms with Crippen LogP contribution < -0.4 is 47.4 Å². The molecule has 4 aromatic rings. The molecular weight excluding hydrogens is 2100 g/mol. The number of amides is 8. The van der Waals surface area contributed by atoms with Crippen molar-refractivity contribution in [2.24, 2.45) is 0 Å². The normalized spacial score (nSPS) is 15.5. The number of hydrogen-bond acceptors (Lipinski definition) is 21. The molecule has 666 valence electrons. The third kappa shape index (κ3) is 30.6. The average Bonchev–Trinajstić information content (AvgIpc) is 1.57. The Hall–Kier alpha value is -9.32. The molecule has 2 unspecified atom stereocenters. The highest BCUT2D eigenvalue weighted by Gasteiger charge is 2.44. The predicted molar refractivity (Wildman–Crippen MR) is 470 cm³/mol. The van der Waals surface area contributed by atoms with Gasteiger partial charge in [0.25, 0.3) is 20.2 Å². The molecule has 1 aliphatic heterocycles. The second-order valence-electron chi connectivity index (χ2n) is 29.1. The highest BCUT2D eigenvalue weighted by molar-refractivity contribution is 14.1. The highest BCUT2D eigenvalue weighted by Crippen LogP contribution is 2.51. The van der Waals surface area contributed by atoms with Gasteiger partial charge >= 0.3 is 41.8 Å². The van der Waals surface area contributed by atoms with Crippen LogP contribution in [0.5, 0.6) is 0 Å². The van der Waals surface area contributed by atoms with Gasteiger partial charge in [0.2, 0.25) is 47.3 Å². The van der Waals surface area contributed by atoms with Crippen molar-refractivity contribution in [3.63, 3.8) is 0 Å². The Morgan fingerprint density at radius 1 is 0.525 bits per heavy atom. The van der Waals surface area contributed by atoms with Gasteiger partial charge in [-0.25, -0.2) is 9.78 Å². The fraction of sp³-hybridized carbons (Fsp3) is 0.455. The second-order valence-corrected chi connectivity index (χ2v) is 36.3. The quantitative estimate of drug-likeness (QED) is 0.00628. The van der Waals surface area contributed by atoms with Crippen LogP contribution >= 0.6 is 90.4 Å². The van der Waals surface area contributed by atoms with Crippen molar-refractivity contribution in [1.29, 1.82) is 0 Å². The molecule has 8 amide bonds. The van der Waals surface area contributed by atoms with E-state index in [0.717, 1.165) is 43.7 Å². The number of nitrogens with one attached hydrogen (secondary N) is 8. The first-order valence-corrected chi connectivity index (χ1v) is 44.9. The van der Waals surface area contributed by atoms with Crippen LogP contribution in [0.2, 0.25) is 0 Å². The average molecular weight is 2190 g/mol. The third-order valence-electron chi connectivity index (χ3n) is 19.7. The number of aryl methyl sites for hydroxylation is 2. The topological polar surface area (TPSA) is 624 Å². The van der Waals surface area contributed by atoms with Gasteiger partial charge in [0.05, 0.1) is 67.3 Å². The van der Waals surface area contributed by atoms with E-state index in [1.807, 2.05) is 65.3 Å². The predicted octanol–water partition coefficient (Wildman–Crippen LogP) is 5.71. The maximum atomic E-state index is 13.8. The molecule has 2 heterocycles. The van der Waals surface area contributed by atoms with E-state index >= 15 is 0 Å². The Bertz CT molecular complexity index is 5040. The minimum Gasteiger partial charge on any atom is -0.481 e. The van der Waals surface area contributed by atoms with Gasteiger partial charge < -0.3 is 87.7 Å². The van der Waals surface area contributed by atoms with Crippen LogP contribution in [0, 0.1) is 21.2 Å². The molecular formula is C77H95I4N11O28S2. The molecule has 0 spiro atoms. The Labute approximate surface area is 755 Å². The van der Waals surface area contributed by atoms with Crippen LogP contribution in [-0.4, -0.2) is 216 Å². The monoisotopic (exact) mass is 2190 g/mol. The first kappa shape index (κ1) is 103. The number of likely N-dealkylation sites (N-methyl/N-ethyl adjacent to an activating group) is 1. The van der Waals surface area contributed by atoms with Crippen molar-refractivity contribution < 1.29 is 134 Å². The molecule has 0 saturated carbocycles. The fourth-order valence-corrected chi connectivity index (χ4v) is 17.9. The van der Waals surface area contributed by atoms with Crippen molar-refractivity contribution in [2.75, 3.05) is 18.0 Å². The lowest BCUT2D eigenvalue weighted by atomic mass is 9.76. The van der Waals surface area contributed by atoms with Crippen LogP contribution in [0.1, 0.15) is 160 Å². The smallest absolute Gasteiger partial charge is 0.326 e. The number of nitrogens with zero attached hydrogens (tertiary/aromatic N) is 3. The molecule has 0 saturated heterocycles. The van der Waals surface area contributed by atoms with Gasteiger partial charge in [-0.15, -0.1) is 0 Å². The number of halogens is 4. The second kappa shape index (κ2) is 47.0. The Balaban J connectivity index is 1.18. The number of rotatable bonds is 51. The molecule has 45 heteroatoms. The minimum absolute atomic E-state index is 0.0283. The number of anilines is 1. The summed E-state index contributed by atoms with van der Waals surface area (Å²) in [7, 11) is -9.17. The van der Waals surface area contributed by atoms with Crippen LogP contribution in [0.4, 0.5) is 5.69 Å². The van der Waals surface area contributed by atoms with Crippen LogP contribution in [0.15, 0.2) is 101 Å². The first-order chi connectivity index (χ1) is 56.9. The number of carbonyl (C=O) groups excluding carboxylic acids is 8. The first-order valence-electron chi connectivity index (χ1n) is 37.7. The zero-order valence-corrected chi connectivity index (χ0v) is 76.7. The Kier molecular flexibility index (Phi) is 39.7. The van der Waals surface area contributed by atoms with Crippen molar-refractivity contribution in [3.05, 3.63) is 122 Å². The third-order valence-corrected chi connectivity index (χ3v) is 28.8. The summed E-state index contributed by atoms with van der Waals surface area (Å²) < 4.78 is 75.0. The van der Waals surface area contributed by atoms with Gasteiger partial charge in [-0.1, -0.05) is 70.1 Å². The number of fused-ring (bicyclic) bond motifs is 2. The molecule has 122 heavy (non-hydrogen) atoms. The molecule has 39 nitrogen and oxygen atoms in total. The van der Waals surface area contributed by atoms with E-state index in [4.69, 9.17) is 0 Å². The molecule has 0 aliphatic carbocycles. The van der Waals surface area contributed by atoms with Crippen molar-refractivity contribution in [3.8, 4) is 0 Å². The van der Waals surface area contributed by atoms with Gasteiger partial charge in [0, 0.05) is 61.8 Å². The number of benzene rings is 3. The lowest BCUT2D eigenvalue weighted by Gasteiger charge is -2.30. The van der Waals surface area contributed by atoms with Gasteiger partial charge in [0.1, 0.15) is 47.8 Å². The molecule has 0 fully saturated rings. The summed E-state index contributed by atoms with van der Waals surface area (Å²) in [6.45, 7) is 14.4. The molecule has 8 atom stereocenters. The molecule has 0 bridgehead atoms. The summed E-state index contributed by atoms with van der Waals surface area (Å²) in [5.74, 6) is -23.4. The standard InChI is InChI=1S/C77H95I4N11O28S2/c1-7-92-53-27-26-43(122(118,119)120)32-45(53)77(6,54(92)21-13-11-12-19-41(3)76(4,5)44-31-42(121(115,116)117)25-24-40(44)2)28-18-23-55(93)82-29-16-15-20-46(75(113)114)85-70(108)48(34-58(97)98)87-72(110)50(36-60(101)102)89-74(112)52(38-62(105)106)90-73(111)51(37-61(103)104)88-71(109)49(35-59(99)100)86-69(107)47(33-57(95)96)84-56(94)22-14-9-8-10-17-30-91-39-83-67-65(80)63(78)64(79)66(81)68(67)91/h11-13,19,21,24-27,31-32,39,46-52H,3,7-10,14-18,20,22-23,28-30,33-38H2,1-2,4-6H3,(H,82,93)(H,84,94)(H,85,108)(H,86,107)(H,87,110)(H,88,109)(H,89,112)(H,90,111)(H,95,96)(H,97,98)(H,99,100)(H,101,102)(H,103,104)(H,105,106)(H,113,114)(H,115,116,117)(H,118,119,120)/b13-11+,19-12+,54-21+/t46?,47-,48+,49+,50+,51+,52+,77?/m1/s1. The van der Waals surface area contributed by atoms with E-state index in [1.165, 1.54) is 24.3 Å². The zero-order valence-electron chi connectivity index (χ0n) is 66.5. The van der Waals surface area contributed by atoms with Crippen LogP contribution in [0.3, 0.4) is 0 Å². The maximum absolute atomic E-state index is 13.8. The van der Waals surface area contributed by atoms with Crippen LogP contribution in [-0.2, 0) is 110 Å². The van der Waals surface area contributed by atoms with Gasteiger partial charge in [-0.2, -0.15) is 16.8 Å². The Morgan fingerprint density at radius 3 is 1.41 bits per heavy atom. The summed E-state index contributed by atoms with van der Waals surface area (Å²) in [4.78, 5) is 200.